The van der Waals surface area contributed by atoms with Gasteiger partial charge in [-0.25, -0.2) is 13.1 Å². The van der Waals surface area contributed by atoms with Crippen LogP contribution in [0.2, 0.25) is 0 Å². The van der Waals surface area contributed by atoms with E-state index in [1.54, 1.807) is 25.3 Å². The summed E-state index contributed by atoms with van der Waals surface area (Å²) < 4.78 is 38.7. The average Bonchev–Trinajstić information content (AvgIpc) is 2.47. The minimum absolute atomic E-state index is 0.111. The normalized spacial score (nSPS) is 18.4. The molecule has 1 fully saturated rings. The number of sulfonamides is 1. The second-order valence-corrected chi connectivity index (χ2v) is 7.72. The summed E-state index contributed by atoms with van der Waals surface area (Å²) >= 11 is 3.31. The number of hydrogen-bond acceptors (Lipinski definition) is 4. The molecule has 1 N–H and O–H groups in total. The highest BCUT2D eigenvalue weighted by atomic mass is 79.9. The van der Waals surface area contributed by atoms with E-state index >= 15 is 0 Å². The molecule has 0 bridgehead atoms. The molecule has 1 heterocycles. The number of halogens is 1. The lowest BCUT2D eigenvalue weighted by Gasteiger charge is -2.28. The lowest BCUT2D eigenvalue weighted by molar-refractivity contribution is 0.0585. The maximum absolute atomic E-state index is 12.4. The van der Waals surface area contributed by atoms with Crippen molar-refractivity contribution < 1.29 is 17.9 Å². The second kappa shape index (κ2) is 7.09. The first kappa shape index (κ1) is 16.7. The highest BCUT2D eigenvalue weighted by molar-refractivity contribution is 9.10. The topological polar surface area (TPSA) is 64.6 Å². The van der Waals surface area contributed by atoms with Crippen LogP contribution in [-0.4, -0.2) is 34.8 Å². The third kappa shape index (κ3) is 4.18. The summed E-state index contributed by atoms with van der Waals surface area (Å²) in [5.74, 6) is 0.918. The molecule has 0 amide bonds. The van der Waals surface area contributed by atoms with Gasteiger partial charge in [-0.1, -0.05) is 0 Å². The van der Waals surface area contributed by atoms with Gasteiger partial charge < -0.3 is 9.47 Å². The van der Waals surface area contributed by atoms with Gasteiger partial charge in [0.2, 0.25) is 10.0 Å². The van der Waals surface area contributed by atoms with E-state index < -0.39 is 10.0 Å². The molecule has 0 saturated carbocycles. The van der Waals surface area contributed by atoms with Crippen molar-refractivity contribution in [2.45, 2.75) is 30.7 Å². The average molecular weight is 378 g/mol. The number of rotatable bonds is 5. The van der Waals surface area contributed by atoms with Crippen LogP contribution < -0.4 is 9.46 Å². The Morgan fingerprint density at radius 1 is 1.38 bits per heavy atom. The zero-order valence-corrected chi connectivity index (χ0v) is 14.5. The fraction of sp³-hybridized carbons (Fsp3) is 0.571. The Kier molecular flexibility index (Phi) is 5.65. The molecule has 21 heavy (non-hydrogen) atoms. The monoisotopic (exact) mass is 377 g/mol. The van der Waals surface area contributed by atoms with E-state index in [0.717, 1.165) is 12.8 Å². The number of ether oxygens (including phenoxy) is 2. The van der Waals surface area contributed by atoms with Gasteiger partial charge in [0.15, 0.2) is 0 Å². The molecule has 1 aliphatic heterocycles. The lowest BCUT2D eigenvalue weighted by atomic mass is 9.94. The van der Waals surface area contributed by atoms with Crippen molar-refractivity contribution in [1.29, 1.82) is 0 Å². The zero-order chi connectivity index (χ0) is 15.5. The molecule has 1 saturated heterocycles. The summed E-state index contributed by atoms with van der Waals surface area (Å²) in [5.41, 5.74) is 0. The number of nitrogens with one attached hydrogen (secondary N) is 1. The third-order valence-corrected chi connectivity index (χ3v) is 5.92. The molecule has 118 valence electrons. The summed E-state index contributed by atoms with van der Waals surface area (Å²) in [6, 6.07) is 4.62. The van der Waals surface area contributed by atoms with Gasteiger partial charge >= 0.3 is 0 Å². The molecule has 1 atom stereocenters. The Balaban J connectivity index is 2.12. The van der Waals surface area contributed by atoms with Crippen molar-refractivity contribution in [3.63, 3.8) is 0 Å². The van der Waals surface area contributed by atoms with E-state index in [9.17, 15) is 8.42 Å². The smallest absolute Gasteiger partial charge is 0.240 e. The third-order valence-electron chi connectivity index (χ3n) is 3.75. The lowest BCUT2D eigenvalue weighted by Crippen LogP contribution is -2.40. The number of benzene rings is 1. The maximum atomic E-state index is 12.4. The number of hydrogen-bond donors (Lipinski definition) is 1. The summed E-state index contributed by atoms with van der Waals surface area (Å²) in [4.78, 5) is 0.231. The molecule has 1 unspecified atom stereocenters. The van der Waals surface area contributed by atoms with Crippen molar-refractivity contribution >= 4 is 26.0 Å². The van der Waals surface area contributed by atoms with Crippen LogP contribution in [0.25, 0.3) is 0 Å². The van der Waals surface area contributed by atoms with Crippen molar-refractivity contribution in [3.8, 4) is 5.75 Å². The van der Waals surface area contributed by atoms with E-state index in [-0.39, 0.29) is 10.9 Å². The van der Waals surface area contributed by atoms with Crippen molar-refractivity contribution in [3.05, 3.63) is 22.7 Å². The zero-order valence-electron chi connectivity index (χ0n) is 12.1. The van der Waals surface area contributed by atoms with Gasteiger partial charge in [0.05, 0.1) is 16.5 Å². The molecule has 0 spiro atoms. The second-order valence-electron chi connectivity index (χ2n) is 5.16. The van der Waals surface area contributed by atoms with E-state index in [1.807, 2.05) is 6.92 Å². The van der Waals surface area contributed by atoms with Crippen molar-refractivity contribution in [1.82, 2.24) is 4.72 Å². The molecule has 2 rings (SSSR count). The predicted octanol–water partition coefficient (Wildman–Crippen LogP) is 2.55. The van der Waals surface area contributed by atoms with Crippen LogP contribution in [0, 0.1) is 5.92 Å². The summed E-state index contributed by atoms with van der Waals surface area (Å²) in [5, 5.41) is 0. The van der Waals surface area contributed by atoms with Gasteiger partial charge in [0.1, 0.15) is 5.75 Å². The molecule has 1 aromatic carbocycles. The Hall–Kier alpha value is -0.630. The van der Waals surface area contributed by atoms with E-state index in [4.69, 9.17) is 9.47 Å². The predicted molar refractivity (Wildman–Crippen MR) is 84.0 cm³/mol. The van der Waals surface area contributed by atoms with Gasteiger partial charge in [0.25, 0.3) is 0 Å². The highest BCUT2D eigenvalue weighted by Gasteiger charge is 2.25. The first-order valence-electron chi connectivity index (χ1n) is 6.87. The van der Waals surface area contributed by atoms with E-state index in [0.29, 0.717) is 29.4 Å². The largest absolute Gasteiger partial charge is 0.496 e. The first-order valence-corrected chi connectivity index (χ1v) is 9.15. The maximum Gasteiger partial charge on any atom is 0.240 e. The molecule has 1 aromatic rings. The molecule has 0 radical (unpaired) electrons. The summed E-state index contributed by atoms with van der Waals surface area (Å²) in [6.07, 6.45) is 1.77. The van der Waals surface area contributed by atoms with Crippen LogP contribution in [0.4, 0.5) is 0 Å². The Morgan fingerprint density at radius 3 is 2.62 bits per heavy atom. The highest BCUT2D eigenvalue weighted by Crippen LogP contribution is 2.28. The number of methoxy groups -OCH3 is 1. The molecular formula is C14H20BrNO4S. The summed E-state index contributed by atoms with van der Waals surface area (Å²) in [7, 11) is -1.99. The van der Waals surface area contributed by atoms with Crippen LogP contribution in [0.1, 0.15) is 19.8 Å². The summed E-state index contributed by atoms with van der Waals surface area (Å²) in [6.45, 7) is 3.31. The molecule has 0 aliphatic carbocycles. The van der Waals surface area contributed by atoms with Crippen LogP contribution >= 0.6 is 15.9 Å². The van der Waals surface area contributed by atoms with Gasteiger partial charge in [-0.3, -0.25) is 0 Å². The minimum Gasteiger partial charge on any atom is -0.496 e. The minimum atomic E-state index is -3.53. The fourth-order valence-electron chi connectivity index (χ4n) is 2.44. The van der Waals surface area contributed by atoms with Crippen molar-refractivity contribution in [2.24, 2.45) is 5.92 Å². The first-order chi connectivity index (χ1) is 9.94. The Morgan fingerprint density at radius 2 is 2.05 bits per heavy atom. The van der Waals surface area contributed by atoms with Crippen LogP contribution in [0.3, 0.4) is 0 Å². The van der Waals surface area contributed by atoms with Crippen molar-refractivity contribution in [2.75, 3.05) is 20.3 Å². The quantitative estimate of drug-likeness (QED) is 0.856. The van der Waals surface area contributed by atoms with Gasteiger partial charge in [0, 0.05) is 19.3 Å². The Labute approximate surface area is 134 Å². The molecule has 0 aromatic heterocycles. The standard InChI is InChI=1S/C14H20BrNO4S/c1-10(11-5-7-20-8-6-11)16-21(17,18)12-3-4-14(19-2)13(15)9-12/h3-4,9-11,16H,5-8H2,1-2H3. The van der Waals surface area contributed by atoms with Gasteiger partial charge in [-0.15, -0.1) is 0 Å². The molecule has 5 nitrogen and oxygen atoms in total. The van der Waals surface area contributed by atoms with E-state index in [1.165, 1.54) is 0 Å². The van der Waals surface area contributed by atoms with E-state index in [2.05, 4.69) is 20.7 Å². The SMILES string of the molecule is COc1ccc(S(=O)(=O)NC(C)C2CCOCC2)cc1Br. The molecule has 1 aliphatic rings. The molecule has 7 heteroatoms. The van der Waals surface area contributed by atoms with Gasteiger partial charge in [-0.2, -0.15) is 0 Å². The van der Waals surface area contributed by atoms with Crippen LogP contribution in [0.5, 0.6) is 5.75 Å². The molecular weight excluding hydrogens is 358 g/mol. The van der Waals surface area contributed by atoms with Crippen LogP contribution in [-0.2, 0) is 14.8 Å². The Bertz CT molecular complexity index is 585. The fourth-order valence-corrected chi connectivity index (χ4v) is 4.47. The van der Waals surface area contributed by atoms with Gasteiger partial charge in [-0.05, 0) is 59.8 Å². The van der Waals surface area contributed by atoms with Crippen LogP contribution in [0.15, 0.2) is 27.6 Å².